The molecule has 0 fully saturated rings. The summed E-state index contributed by atoms with van der Waals surface area (Å²) in [6, 6.07) is 12.5. The molecule has 0 unspecified atom stereocenters. The Morgan fingerprint density at radius 3 is 2.03 bits per heavy atom. The third-order valence-corrected chi connectivity index (χ3v) is 4.95. The standard InChI is InChI=1S/C23H22N6/c1-6-19(7-2-17(1)3-8-21-24-11-12-25-21)20-16-29-15-18(5-10-23(29)28-20)4-9-22-26-13-14-27-22/h1-10,15-16H,11-14H2,(H,24,25)(H,26,27)/b8-3+,9-4+. The summed E-state index contributed by atoms with van der Waals surface area (Å²) in [5, 5.41) is 6.49. The molecule has 1 aromatic carbocycles. The fourth-order valence-corrected chi connectivity index (χ4v) is 3.42. The van der Waals surface area contributed by atoms with Crippen LogP contribution in [0.1, 0.15) is 11.1 Å². The smallest absolute Gasteiger partial charge is 0.137 e. The molecule has 0 bridgehead atoms. The lowest BCUT2D eigenvalue weighted by molar-refractivity contribution is 0.961. The van der Waals surface area contributed by atoms with Crippen LogP contribution in [0.4, 0.5) is 0 Å². The van der Waals surface area contributed by atoms with Gasteiger partial charge in [0, 0.05) is 31.0 Å². The number of nitrogens with one attached hydrogen (secondary N) is 2. The van der Waals surface area contributed by atoms with E-state index in [1.165, 1.54) is 0 Å². The first-order valence-electron chi connectivity index (χ1n) is 9.85. The molecule has 2 aromatic heterocycles. The van der Waals surface area contributed by atoms with Crippen LogP contribution in [-0.4, -0.2) is 47.2 Å². The number of fused-ring (bicyclic) bond motifs is 1. The van der Waals surface area contributed by atoms with E-state index in [1.807, 2.05) is 18.2 Å². The van der Waals surface area contributed by atoms with Crippen molar-refractivity contribution in [2.45, 2.75) is 0 Å². The molecule has 2 aliphatic heterocycles. The summed E-state index contributed by atoms with van der Waals surface area (Å²) >= 11 is 0. The maximum absolute atomic E-state index is 4.76. The number of hydrogen-bond donors (Lipinski definition) is 2. The van der Waals surface area contributed by atoms with E-state index >= 15 is 0 Å². The maximum atomic E-state index is 4.76. The van der Waals surface area contributed by atoms with Crippen LogP contribution in [0.3, 0.4) is 0 Å². The van der Waals surface area contributed by atoms with Crippen molar-refractivity contribution in [3.8, 4) is 11.3 Å². The van der Waals surface area contributed by atoms with Crippen LogP contribution < -0.4 is 10.6 Å². The molecule has 0 spiro atoms. The Kier molecular flexibility index (Phi) is 4.66. The van der Waals surface area contributed by atoms with Crippen LogP contribution in [0.25, 0.3) is 29.1 Å². The fourth-order valence-electron chi connectivity index (χ4n) is 3.42. The number of rotatable bonds is 5. The van der Waals surface area contributed by atoms with E-state index in [0.29, 0.717) is 0 Å². The molecular formula is C23H22N6. The SMILES string of the molecule is C(=C\c1ccc(-c2cn3cc(/C=C/C4=NCCN4)ccc3n2)cc1)/C1=NCCN1. The molecule has 2 aliphatic rings. The Bertz CT molecular complexity index is 1150. The number of nitrogens with zero attached hydrogens (tertiary/aromatic N) is 4. The van der Waals surface area contributed by atoms with Crippen molar-refractivity contribution in [3.05, 3.63) is 72.1 Å². The highest BCUT2D eigenvalue weighted by molar-refractivity contribution is 5.98. The molecule has 6 heteroatoms. The van der Waals surface area contributed by atoms with E-state index in [9.17, 15) is 0 Å². The van der Waals surface area contributed by atoms with Crippen LogP contribution in [0.5, 0.6) is 0 Å². The molecule has 0 amide bonds. The van der Waals surface area contributed by atoms with Gasteiger partial charge in [0.05, 0.1) is 18.8 Å². The summed E-state index contributed by atoms with van der Waals surface area (Å²) in [5.74, 6) is 1.90. The highest BCUT2D eigenvalue weighted by atomic mass is 15.1. The van der Waals surface area contributed by atoms with Gasteiger partial charge in [-0.25, -0.2) is 4.98 Å². The average Bonchev–Trinajstić information content (AvgIpc) is 3.52. The Labute approximate surface area is 169 Å². The Morgan fingerprint density at radius 2 is 1.38 bits per heavy atom. The van der Waals surface area contributed by atoms with Gasteiger partial charge in [0.25, 0.3) is 0 Å². The predicted molar refractivity (Wildman–Crippen MR) is 119 cm³/mol. The molecular weight excluding hydrogens is 360 g/mol. The molecule has 0 aliphatic carbocycles. The third kappa shape index (κ3) is 3.96. The summed E-state index contributed by atoms with van der Waals surface area (Å²) < 4.78 is 2.07. The summed E-state index contributed by atoms with van der Waals surface area (Å²) in [6.45, 7) is 3.55. The minimum absolute atomic E-state index is 0.851. The highest BCUT2D eigenvalue weighted by Crippen LogP contribution is 2.21. The number of amidine groups is 2. The van der Waals surface area contributed by atoms with Crippen LogP contribution in [0, 0.1) is 0 Å². The number of imidazole rings is 1. The van der Waals surface area contributed by atoms with Gasteiger partial charge in [-0.15, -0.1) is 0 Å². The van der Waals surface area contributed by atoms with E-state index in [0.717, 1.165) is 65.9 Å². The fraction of sp³-hybridized carbons (Fsp3) is 0.174. The van der Waals surface area contributed by atoms with Crippen molar-refractivity contribution in [1.82, 2.24) is 20.0 Å². The molecule has 0 saturated carbocycles. The second-order valence-electron chi connectivity index (χ2n) is 7.03. The van der Waals surface area contributed by atoms with Gasteiger partial charge in [0.1, 0.15) is 17.3 Å². The van der Waals surface area contributed by atoms with Crippen LogP contribution in [-0.2, 0) is 0 Å². The van der Waals surface area contributed by atoms with Crippen molar-refractivity contribution in [2.24, 2.45) is 9.98 Å². The average molecular weight is 382 g/mol. The largest absolute Gasteiger partial charge is 0.369 e. The summed E-state index contributed by atoms with van der Waals surface area (Å²) in [4.78, 5) is 13.5. The quantitative estimate of drug-likeness (QED) is 0.713. The van der Waals surface area contributed by atoms with Gasteiger partial charge in [0.2, 0.25) is 0 Å². The number of aliphatic imine (C=N–C) groups is 2. The number of pyridine rings is 1. The Hall–Kier alpha value is -3.67. The number of aromatic nitrogens is 2. The van der Waals surface area contributed by atoms with Gasteiger partial charge in [-0.3, -0.25) is 9.98 Å². The van der Waals surface area contributed by atoms with Crippen molar-refractivity contribution >= 4 is 29.5 Å². The van der Waals surface area contributed by atoms with E-state index < -0.39 is 0 Å². The zero-order valence-corrected chi connectivity index (χ0v) is 16.0. The van der Waals surface area contributed by atoms with E-state index in [1.54, 1.807) is 0 Å². The molecule has 0 radical (unpaired) electrons. The molecule has 2 N–H and O–H groups in total. The van der Waals surface area contributed by atoms with Crippen molar-refractivity contribution < 1.29 is 0 Å². The number of hydrogen-bond acceptors (Lipinski definition) is 5. The zero-order chi connectivity index (χ0) is 19.5. The van der Waals surface area contributed by atoms with Gasteiger partial charge < -0.3 is 15.0 Å². The zero-order valence-electron chi connectivity index (χ0n) is 16.0. The molecule has 6 nitrogen and oxygen atoms in total. The normalized spacial score (nSPS) is 16.4. The lowest BCUT2D eigenvalue weighted by atomic mass is 10.1. The third-order valence-electron chi connectivity index (χ3n) is 4.95. The van der Waals surface area contributed by atoms with Crippen molar-refractivity contribution in [1.29, 1.82) is 0 Å². The maximum Gasteiger partial charge on any atom is 0.137 e. The van der Waals surface area contributed by atoms with Crippen molar-refractivity contribution in [3.63, 3.8) is 0 Å². The Balaban J connectivity index is 1.34. The molecule has 0 saturated heterocycles. The number of benzene rings is 1. The first-order chi connectivity index (χ1) is 14.3. The predicted octanol–water partition coefficient (Wildman–Crippen LogP) is 3.03. The Morgan fingerprint density at radius 1 is 0.724 bits per heavy atom. The first-order valence-corrected chi connectivity index (χ1v) is 9.85. The second-order valence-corrected chi connectivity index (χ2v) is 7.03. The topological polar surface area (TPSA) is 66.1 Å². The monoisotopic (exact) mass is 382 g/mol. The van der Waals surface area contributed by atoms with Crippen molar-refractivity contribution in [2.75, 3.05) is 26.2 Å². The molecule has 0 atom stereocenters. The van der Waals surface area contributed by atoms with Gasteiger partial charge in [-0.1, -0.05) is 30.3 Å². The lowest BCUT2D eigenvalue weighted by Crippen LogP contribution is -2.15. The minimum atomic E-state index is 0.851. The molecule has 4 heterocycles. The van der Waals surface area contributed by atoms with Gasteiger partial charge in [-0.2, -0.15) is 0 Å². The summed E-state index contributed by atoms with van der Waals surface area (Å²) in [7, 11) is 0. The van der Waals surface area contributed by atoms with Crippen LogP contribution >= 0.6 is 0 Å². The van der Waals surface area contributed by atoms with E-state index in [-0.39, 0.29) is 0 Å². The summed E-state index contributed by atoms with van der Waals surface area (Å²) in [5.41, 5.74) is 5.25. The molecule has 29 heavy (non-hydrogen) atoms. The lowest BCUT2D eigenvalue weighted by Gasteiger charge is -1.98. The van der Waals surface area contributed by atoms with Gasteiger partial charge in [0.15, 0.2) is 0 Å². The second kappa shape index (κ2) is 7.75. The molecule has 5 rings (SSSR count). The summed E-state index contributed by atoms with van der Waals surface area (Å²) in [6.07, 6.45) is 12.3. The minimum Gasteiger partial charge on any atom is -0.369 e. The van der Waals surface area contributed by atoms with E-state index in [4.69, 9.17) is 4.98 Å². The van der Waals surface area contributed by atoms with Crippen LogP contribution in [0.15, 0.2) is 70.9 Å². The van der Waals surface area contributed by atoms with Crippen LogP contribution in [0.2, 0.25) is 0 Å². The van der Waals surface area contributed by atoms with Gasteiger partial charge >= 0.3 is 0 Å². The van der Waals surface area contributed by atoms with E-state index in [2.05, 4.69) is 79.9 Å². The first kappa shape index (κ1) is 17.4. The molecule has 3 aromatic rings. The highest BCUT2D eigenvalue weighted by Gasteiger charge is 2.06. The molecule has 144 valence electrons. The van der Waals surface area contributed by atoms with Gasteiger partial charge in [-0.05, 0) is 41.5 Å².